The quantitative estimate of drug-likeness (QED) is 0.665. The number of aromatic nitrogens is 2. The van der Waals surface area contributed by atoms with Crippen LogP contribution in [-0.2, 0) is 10.9 Å². The number of carbonyl (C=O) groups is 1. The van der Waals surface area contributed by atoms with Gasteiger partial charge in [0.05, 0.1) is 12.1 Å². The molecule has 158 valence electrons. The van der Waals surface area contributed by atoms with E-state index in [2.05, 4.69) is 25.4 Å². The molecule has 1 aliphatic heterocycles. The van der Waals surface area contributed by atoms with Gasteiger partial charge in [0.25, 0.3) is 5.91 Å². The van der Waals surface area contributed by atoms with Gasteiger partial charge in [0.15, 0.2) is 5.69 Å². The molecular weight excluding hydrogens is 423 g/mol. The number of alkyl halides is 3. The van der Waals surface area contributed by atoms with E-state index < -0.39 is 23.3 Å². The Kier molecular flexibility index (Phi) is 6.74. The Morgan fingerprint density at radius 2 is 2.07 bits per heavy atom. The van der Waals surface area contributed by atoms with E-state index in [1.165, 1.54) is 18.2 Å². The molecule has 0 radical (unpaired) electrons. The Morgan fingerprint density at radius 1 is 1.33 bits per heavy atom. The first-order valence-corrected chi connectivity index (χ1v) is 9.40. The first kappa shape index (κ1) is 21.8. The molecular formula is C19H17ClF3N5O2. The van der Waals surface area contributed by atoms with E-state index in [0.29, 0.717) is 13.2 Å². The zero-order valence-electron chi connectivity index (χ0n) is 15.6. The van der Waals surface area contributed by atoms with Crippen molar-refractivity contribution >= 4 is 34.8 Å². The van der Waals surface area contributed by atoms with Crippen LogP contribution >= 0.6 is 11.6 Å². The Hall–Kier alpha value is -2.90. The smallest absolute Gasteiger partial charge is 0.381 e. The van der Waals surface area contributed by atoms with Gasteiger partial charge in [-0.25, -0.2) is 14.8 Å². The van der Waals surface area contributed by atoms with E-state index in [4.69, 9.17) is 22.9 Å². The van der Waals surface area contributed by atoms with Crippen molar-refractivity contribution in [3.05, 3.63) is 52.1 Å². The van der Waals surface area contributed by atoms with E-state index >= 15 is 0 Å². The summed E-state index contributed by atoms with van der Waals surface area (Å²) in [6.45, 7) is 8.44. The van der Waals surface area contributed by atoms with Crippen molar-refractivity contribution in [1.82, 2.24) is 15.3 Å². The predicted molar refractivity (Wildman–Crippen MR) is 104 cm³/mol. The van der Waals surface area contributed by atoms with Gasteiger partial charge in [-0.1, -0.05) is 17.7 Å². The summed E-state index contributed by atoms with van der Waals surface area (Å²) < 4.78 is 45.8. The van der Waals surface area contributed by atoms with Crippen LogP contribution in [0.3, 0.4) is 0 Å². The van der Waals surface area contributed by atoms with Gasteiger partial charge in [0, 0.05) is 36.7 Å². The third kappa shape index (κ3) is 5.37. The molecule has 1 aromatic heterocycles. The first-order chi connectivity index (χ1) is 14.3. The number of benzene rings is 1. The maximum Gasteiger partial charge on any atom is 0.434 e. The van der Waals surface area contributed by atoms with Gasteiger partial charge in [-0.2, -0.15) is 13.2 Å². The Labute approximate surface area is 175 Å². The van der Waals surface area contributed by atoms with Gasteiger partial charge >= 0.3 is 6.18 Å². The minimum absolute atomic E-state index is 0.127. The Balaban J connectivity index is 1.79. The third-order valence-corrected chi connectivity index (χ3v) is 4.84. The fourth-order valence-electron chi connectivity index (χ4n) is 2.91. The normalized spacial score (nSPS) is 14.8. The molecule has 2 aromatic rings. The average molecular weight is 440 g/mol. The number of hydrogen-bond donors (Lipinski definition) is 2. The molecule has 0 unspecified atom stereocenters. The molecule has 0 aliphatic carbocycles. The van der Waals surface area contributed by atoms with Gasteiger partial charge in [0.1, 0.15) is 0 Å². The van der Waals surface area contributed by atoms with Crippen molar-refractivity contribution in [2.24, 2.45) is 5.92 Å². The van der Waals surface area contributed by atoms with Crippen LogP contribution in [0, 0.1) is 12.5 Å². The highest BCUT2D eigenvalue weighted by molar-refractivity contribution is 6.33. The lowest BCUT2D eigenvalue weighted by Gasteiger charge is -2.22. The van der Waals surface area contributed by atoms with Crippen molar-refractivity contribution in [1.29, 1.82) is 0 Å². The fraction of sp³-hybridized carbons (Fsp3) is 0.368. The highest BCUT2D eigenvalue weighted by atomic mass is 35.5. The van der Waals surface area contributed by atoms with Crippen LogP contribution in [0.25, 0.3) is 4.85 Å². The number of nitrogens with zero attached hydrogens (tertiary/aromatic N) is 3. The van der Waals surface area contributed by atoms with E-state index in [0.717, 1.165) is 19.0 Å². The summed E-state index contributed by atoms with van der Waals surface area (Å²) in [6, 6.07) is 4.27. The number of nitrogens with one attached hydrogen (secondary N) is 2. The van der Waals surface area contributed by atoms with E-state index in [1.54, 1.807) is 0 Å². The van der Waals surface area contributed by atoms with Crippen molar-refractivity contribution in [2.45, 2.75) is 19.0 Å². The van der Waals surface area contributed by atoms with Crippen LogP contribution in [0.4, 0.5) is 30.5 Å². The average Bonchev–Trinajstić information content (AvgIpc) is 2.73. The van der Waals surface area contributed by atoms with Crippen molar-refractivity contribution in [3.8, 4) is 0 Å². The number of carbonyl (C=O) groups excluding carboxylic acids is 1. The highest BCUT2D eigenvalue weighted by Crippen LogP contribution is 2.32. The minimum Gasteiger partial charge on any atom is -0.381 e. The molecule has 1 saturated heterocycles. The second-order valence-electron chi connectivity index (χ2n) is 6.62. The molecule has 0 atom stereocenters. The molecule has 2 heterocycles. The van der Waals surface area contributed by atoms with Crippen molar-refractivity contribution < 1.29 is 22.7 Å². The SMILES string of the molecule is [C-]#[N+]c1cc(Nc2ncc(C(=O)NCC3CCOCC3)c(C(F)(F)F)n2)ccc1Cl. The van der Waals surface area contributed by atoms with Crippen LogP contribution in [0.15, 0.2) is 24.4 Å². The zero-order valence-corrected chi connectivity index (χ0v) is 16.3. The van der Waals surface area contributed by atoms with Gasteiger partial charge < -0.3 is 15.4 Å². The molecule has 7 nitrogen and oxygen atoms in total. The Morgan fingerprint density at radius 3 is 2.73 bits per heavy atom. The summed E-state index contributed by atoms with van der Waals surface area (Å²) in [4.78, 5) is 22.9. The molecule has 0 bridgehead atoms. The van der Waals surface area contributed by atoms with E-state index in [1.807, 2.05) is 0 Å². The van der Waals surface area contributed by atoms with Gasteiger partial charge in [-0.05, 0) is 30.9 Å². The first-order valence-electron chi connectivity index (χ1n) is 9.02. The molecule has 1 amide bonds. The number of hydrogen-bond acceptors (Lipinski definition) is 5. The molecule has 0 spiro atoms. The molecule has 1 fully saturated rings. The lowest BCUT2D eigenvalue weighted by Crippen LogP contribution is -2.33. The number of anilines is 2. The predicted octanol–water partition coefficient (Wildman–Crippen LogP) is 4.60. The summed E-state index contributed by atoms with van der Waals surface area (Å²) in [5, 5.41) is 5.34. The molecule has 1 aliphatic rings. The van der Waals surface area contributed by atoms with Crippen LogP contribution < -0.4 is 10.6 Å². The molecule has 2 N–H and O–H groups in total. The summed E-state index contributed by atoms with van der Waals surface area (Å²) >= 11 is 5.85. The summed E-state index contributed by atoms with van der Waals surface area (Å²) in [7, 11) is 0. The topological polar surface area (TPSA) is 80.5 Å². The molecule has 3 rings (SSSR count). The summed E-state index contributed by atoms with van der Waals surface area (Å²) in [5.41, 5.74) is -1.58. The number of halogens is 4. The lowest BCUT2D eigenvalue weighted by molar-refractivity contribution is -0.141. The van der Waals surface area contributed by atoms with Crippen molar-refractivity contribution in [3.63, 3.8) is 0 Å². The maximum atomic E-state index is 13.5. The molecule has 0 saturated carbocycles. The summed E-state index contributed by atoms with van der Waals surface area (Å²) in [6.07, 6.45) is -2.55. The monoisotopic (exact) mass is 439 g/mol. The number of amides is 1. The molecule has 30 heavy (non-hydrogen) atoms. The minimum atomic E-state index is -4.85. The maximum absolute atomic E-state index is 13.5. The molecule has 11 heteroatoms. The van der Waals surface area contributed by atoms with E-state index in [-0.39, 0.29) is 34.8 Å². The fourth-order valence-corrected chi connectivity index (χ4v) is 3.07. The number of ether oxygens (including phenoxy) is 1. The zero-order chi connectivity index (χ0) is 21.7. The largest absolute Gasteiger partial charge is 0.434 e. The second kappa shape index (κ2) is 9.28. The van der Waals surface area contributed by atoms with Crippen LogP contribution in [-0.4, -0.2) is 35.6 Å². The second-order valence-corrected chi connectivity index (χ2v) is 7.03. The Bertz CT molecular complexity index is 972. The van der Waals surface area contributed by atoms with Gasteiger partial charge in [-0.15, -0.1) is 0 Å². The van der Waals surface area contributed by atoms with Gasteiger partial charge in [-0.3, -0.25) is 4.79 Å². The van der Waals surface area contributed by atoms with Crippen LogP contribution in [0.2, 0.25) is 5.02 Å². The third-order valence-electron chi connectivity index (χ3n) is 4.52. The lowest BCUT2D eigenvalue weighted by atomic mass is 10.0. The van der Waals surface area contributed by atoms with Crippen LogP contribution in [0.5, 0.6) is 0 Å². The van der Waals surface area contributed by atoms with Gasteiger partial charge in [0.2, 0.25) is 11.6 Å². The summed E-state index contributed by atoms with van der Waals surface area (Å²) in [5.74, 6) is -1.09. The van der Waals surface area contributed by atoms with Crippen LogP contribution in [0.1, 0.15) is 28.9 Å². The van der Waals surface area contributed by atoms with Crippen molar-refractivity contribution in [2.75, 3.05) is 25.1 Å². The number of rotatable bonds is 5. The molecule has 1 aromatic carbocycles. The highest BCUT2D eigenvalue weighted by Gasteiger charge is 2.38. The standard InChI is InChI=1S/C19H17ClF3N5O2/c1-24-15-8-12(2-3-14(15)20)27-18-26-10-13(16(28-18)19(21,22)23)17(29)25-9-11-4-6-30-7-5-11/h2-3,8,10-11H,4-7,9H2,(H,25,29)(H,26,27,28). The van der Waals surface area contributed by atoms with E-state index in [9.17, 15) is 18.0 Å².